The Kier molecular flexibility index (Phi) is 4.53. The maximum Gasteiger partial charge on any atom is 0.241 e. The fraction of sp³-hybridized carbons (Fsp3) is 0.364. The van der Waals surface area contributed by atoms with Gasteiger partial charge in [-0.3, -0.25) is 4.79 Å². The normalized spacial score (nSPS) is 12.6. The van der Waals surface area contributed by atoms with Crippen molar-refractivity contribution in [3.63, 3.8) is 0 Å². The quantitative estimate of drug-likeness (QED) is 0.840. The zero-order chi connectivity index (χ0) is 11.4. The monoisotopic (exact) mass is 318 g/mol. The molecule has 0 spiro atoms. The highest BCUT2D eigenvalue weighted by Gasteiger charge is 2.16. The van der Waals surface area contributed by atoms with E-state index in [1.54, 1.807) is 0 Å². The Labute approximate surface area is 104 Å². The number of hydrogen-bond donors (Lipinski definition) is 2. The van der Waals surface area contributed by atoms with Crippen LogP contribution in [0.25, 0.3) is 0 Å². The van der Waals surface area contributed by atoms with Crippen LogP contribution in [0.2, 0.25) is 0 Å². The van der Waals surface area contributed by atoms with Gasteiger partial charge in [0, 0.05) is 9.26 Å². The topological polar surface area (TPSA) is 55.1 Å². The molecule has 1 rings (SSSR count). The number of amides is 1. The van der Waals surface area contributed by atoms with Gasteiger partial charge in [0.15, 0.2) is 0 Å². The molecule has 3 nitrogen and oxygen atoms in total. The molecule has 15 heavy (non-hydrogen) atoms. The van der Waals surface area contributed by atoms with Crippen LogP contribution >= 0.6 is 22.6 Å². The molecule has 1 amide bonds. The summed E-state index contributed by atoms with van der Waals surface area (Å²) in [6.45, 7) is 3.86. The minimum absolute atomic E-state index is 0.132. The van der Waals surface area contributed by atoms with Gasteiger partial charge in [-0.05, 0) is 46.7 Å². The lowest BCUT2D eigenvalue weighted by Gasteiger charge is -2.15. The molecule has 0 aliphatic carbocycles. The molecule has 1 atom stereocenters. The van der Waals surface area contributed by atoms with Crippen molar-refractivity contribution in [1.82, 2.24) is 0 Å². The van der Waals surface area contributed by atoms with E-state index in [0.29, 0.717) is 0 Å². The molecule has 3 N–H and O–H groups in total. The number of benzene rings is 1. The smallest absolute Gasteiger partial charge is 0.241 e. The van der Waals surface area contributed by atoms with Crippen LogP contribution in [0.5, 0.6) is 0 Å². The van der Waals surface area contributed by atoms with Crippen molar-refractivity contribution in [2.24, 2.45) is 11.7 Å². The van der Waals surface area contributed by atoms with Crippen LogP contribution in [0.15, 0.2) is 24.3 Å². The number of anilines is 1. The average molecular weight is 318 g/mol. The molecule has 82 valence electrons. The summed E-state index contributed by atoms with van der Waals surface area (Å²) in [5, 5.41) is 2.80. The Balaban J connectivity index is 2.66. The number of carbonyl (C=O) groups is 1. The standard InChI is InChI=1S/C11H15IN2O/c1-7(2)10(13)11(15)14-9-5-3-4-8(12)6-9/h3-7,10H,13H2,1-2H3,(H,14,15). The van der Waals surface area contributed by atoms with Crippen molar-refractivity contribution in [2.75, 3.05) is 5.32 Å². The molecule has 0 heterocycles. The fourth-order valence-corrected chi connectivity index (χ4v) is 1.64. The first kappa shape index (κ1) is 12.4. The molecule has 1 aromatic rings. The average Bonchev–Trinajstić information content (AvgIpc) is 2.16. The van der Waals surface area contributed by atoms with E-state index in [1.807, 2.05) is 38.1 Å². The van der Waals surface area contributed by atoms with E-state index >= 15 is 0 Å². The Morgan fingerprint density at radius 1 is 1.47 bits per heavy atom. The zero-order valence-corrected chi connectivity index (χ0v) is 11.0. The Morgan fingerprint density at radius 2 is 2.13 bits per heavy atom. The maximum atomic E-state index is 11.6. The number of halogens is 1. The molecule has 1 aromatic carbocycles. The number of nitrogens with one attached hydrogen (secondary N) is 1. The molecule has 0 saturated carbocycles. The molecule has 1 unspecified atom stereocenters. The van der Waals surface area contributed by atoms with Gasteiger partial charge >= 0.3 is 0 Å². The van der Waals surface area contributed by atoms with Crippen LogP contribution in [0, 0.1) is 9.49 Å². The summed E-state index contributed by atoms with van der Waals surface area (Å²) in [4.78, 5) is 11.6. The minimum atomic E-state index is -0.456. The van der Waals surface area contributed by atoms with Crippen LogP contribution in [0.4, 0.5) is 5.69 Å². The first-order chi connectivity index (χ1) is 7.00. The summed E-state index contributed by atoms with van der Waals surface area (Å²) in [6, 6.07) is 7.18. The minimum Gasteiger partial charge on any atom is -0.325 e. The van der Waals surface area contributed by atoms with Crippen LogP contribution in [0.1, 0.15) is 13.8 Å². The summed E-state index contributed by atoms with van der Waals surface area (Å²) in [5.41, 5.74) is 6.53. The highest BCUT2D eigenvalue weighted by molar-refractivity contribution is 14.1. The van der Waals surface area contributed by atoms with Gasteiger partial charge in [-0.1, -0.05) is 19.9 Å². The fourth-order valence-electron chi connectivity index (χ4n) is 1.09. The van der Waals surface area contributed by atoms with E-state index in [-0.39, 0.29) is 11.8 Å². The van der Waals surface area contributed by atoms with Crippen LogP contribution in [-0.4, -0.2) is 11.9 Å². The van der Waals surface area contributed by atoms with Gasteiger partial charge < -0.3 is 11.1 Å². The number of carbonyl (C=O) groups excluding carboxylic acids is 1. The lowest BCUT2D eigenvalue weighted by atomic mass is 10.1. The van der Waals surface area contributed by atoms with E-state index in [2.05, 4.69) is 27.9 Å². The van der Waals surface area contributed by atoms with E-state index in [1.165, 1.54) is 0 Å². The Bertz CT molecular complexity index is 352. The third-order valence-electron chi connectivity index (χ3n) is 2.11. The maximum absolute atomic E-state index is 11.6. The molecule has 0 fully saturated rings. The van der Waals surface area contributed by atoms with Crippen molar-refractivity contribution < 1.29 is 4.79 Å². The summed E-state index contributed by atoms with van der Waals surface area (Å²) in [7, 11) is 0. The first-order valence-corrected chi connectivity index (χ1v) is 5.90. The van der Waals surface area contributed by atoms with E-state index in [4.69, 9.17) is 5.73 Å². The van der Waals surface area contributed by atoms with Crippen molar-refractivity contribution >= 4 is 34.2 Å². The van der Waals surface area contributed by atoms with Gasteiger partial charge in [-0.15, -0.1) is 0 Å². The van der Waals surface area contributed by atoms with Gasteiger partial charge in [-0.2, -0.15) is 0 Å². The van der Waals surface area contributed by atoms with E-state index < -0.39 is 6.04 Å². The van der Waals surface area contributed by atoms with Crippen LogP contribution in [0.3, 0.4) is 0 Å². The van der Waals surface area contributed by atoms with Crippen molar-refractivity contribution in [1.29, 1.82) is 0 Å². The molecule has 4 heteroatoms. The van der Waals surface area contributed by atoms with Crippen LogP contribution < -0.4 is 11.1 Å². The molecular formula is C11H15IN2O. The Hall–Kier alpha value is -0.620. The largest absolute Gasteiger partial charge is 0.325 e. The number of hydrogen-bond acceptors (Lipinski definition) is 2. The van der Waals surface area contributed by atoms with Crippen LogP contribution in [-0.2, 0) is 4.79 Å². The highest BCUT2D eigenvalue weighted by Crippen LogP contribution is 2.13. The summed E-state index contributed by atoms with van der Waals surface area (Å²) >= 11 is 2.20. The second-order valence-electron chi connectivity index (χ2n) is 3.77. The molecular weight excluding hydrogens is 303 g/mol. The second-order valence-corrected chi connectivity index (χ2v) is 5.02. The van der Waals surface area contributed by atoms with Gasteiger partial charge in [0.25, 0.3) is 0 Å². The predicted octanol–water partition coefficient (Wildman–Crippen LogP) is 2.21. The van der Waals surface area contributed by atoms with E-state index in [0.717, 1.165) is 9.26 Å². The van der Waals surface area contributed by atoms with Crippen molar-refractivity contribution in [3.05, 3.63) is 27.8 Å². The summed E-state index contributed by atoms with van der Waals surface area (Å²) in [6.07, 6.45) is 0. The Morgan fingerprint density at radius 3 is 2.67 bits per heavy atom. The number of nitrogens with two attached hydrogens (primary N) is 1. The van der Waals surface area contributed by atoms with E-state index in [9.17, 15) is 4.79 Å². The predicted molar refractivity (Wildman–Crippen MR) is 70.6 cm³/mol. The second kappa shape index (κ2) is 5.46. The zero-order valence-electron chi connectivity index (χ0n) is 8.83. The van der Waals surface area contributed by atoms with Gasteiger partial charge in [0.05, 0.1) is 6.04 Å². The molecule has 0 aliphatic heterocycles. The molecule has 0 aromatic heterocycles. The highest BCUT2D eigenvalue weighted by atomic mass is 127. The lowest BCUT2D eigenvalue weighted by Crippen LogP contribution is -2.39. The molecule has 0 aliphatic rings. The third kappa shape index (κ3) is 3.79. The SMILES string of the molecule is CC(C)C(N)C(=O)Nc1cccc(I)c1. The summed E-state index contributed by atoms with van der Waals surface area (Å²) in [5.74, 6) is 0.0137. The van der Waals surface area contributed by atoms with Gasteiger partial charge in [-0.25, -0.2) is 0 Å². The molecule has 0 saturated heterocycles. The van der Waals surface area contributed by atoms with Crippen molar-refractivity contribution in [2.45, 2.75) is 19.9 Å². The third-order valence-corrected chi connectivity index (χ3v) is 2.78. The lowest BCUT2D eigenvalue weighted by molar-refractivity contribution is -0.118. The van der Waals surface area contributed by atoms with Gasteiger partial charge in [0.2, 0.25) is 5.91 Å². The molecule has 0 bridgehead atoms. The van der Waals surface area contributed by atoms with Gasteiger partial charge in [0.1, 0.15) is 0 Å². The number of rotatable bonds is 3. The summed E-state index contributed by atoms with van der Waals surface area (Å²) < 4.78 is 1.09. The molecule has 0 radical (unpaired) electrons. The first-order valence-electron chi connectivity index (χ1n) is 4.82. The van der Waals surface area contributed by atoms with Crippen molar-refractivity contribution in [3.8, 4) is 0 Å².